The molecule has 19 heavy (non-hydrogen) atoms. The molecule has 0 amide bonds. The number of ether oxygens (including phenoxy) is 1. The third kappa shape index (κ3) is 5.58. The molecule has 1 atom stereocenters. The molecule has 1 unspecified atom stereocenters. The number of hydrogen-bond donors (Lipinski definition) is 0. The van der Waals surface area contributed by atoms with E-state index in [1.54, 1.807) is 0 Å². The molecule has 1 fully saturated rings. The Kier molecular flexibility index (Phi) is 4.59. The molecule has 0 aromatic heterocycles. The van der Waals surface area contributed by atoms with E-state index in [9.17, 15) is 9.59 Å². The fourth-order valence-electron chi connectivity index (χ4n) is 3.27. The SMILES string of the molecule is C=C(CC1CC(=O)OC1=O)CC(C)(C)CC(C)(C)C. The van der Waals surface area contributed by atoms with Crippen LogP contribution in [0.15, 0.2) is 12.2 Å². The van der Waals surface area contributed by atoms with Crippen LogP contribution in [0.5, 0.6) is 0 Å². The zero-order valence-corrected chi connectivity index (χ0v) is 12.8. The van der Waals surface area contributed by atoms with Crippen LogP contribution in [0.4, 0.5) is 0 Å². The molecule has 0 aliphatic carbocycles. The fourth-order valence-corrected chi connectivity index (χ4v) is 3.27. The summed E-state index contributed by atoms with van der Waals surface area (Å²) in [4.78, 5) is 22.5. The third-order valence-corrected chi connectivity index (χ3v) is 3.23. The molecule has 3 nitrogen and oxygen atoms in total. The summed E-state index contributed by atoms with van der Waals surface area (Å²) in [5, 5.41) is 0. The number of cyclic esters (lactones) is 2. The molecule has 0 N–H and O–H groups in total. The summed E-state index contributed by atoms with van der Waals surface area (Å²) < 4.78 is 4.57. The van der Waals surface area contributed by atoms with Crippen molar-refractivity contribution < 1.29 is 14.3 Å². The van der Waals surface area contributed by atoms with Gasteiger partial charge in [-0.3, -0.25) is 9.59 Å². The lowest BCUT2D eigenvalue weighted by atomic mass is 9.72. The first kappa shape index (κ1) is 15.9. The van der Waals surface area contributed by atoms with Crippen molar-refractivity contribution in [3.63, 3.8) is 0 Å². The molecule has 0 radical (unpaired) electrons. The van der Waals surface area contributed by atoms with E-state index in [1.165, 1.54) is 0 Å². The van der Waals surface area contributed by atoms with E-state index in [0.29, 0.717) is 6.42 Å². The van der Waals surface area contributed by atoms with Gasteiger partial charge in [-0.05, 0) is 30.1 Å². The van der Waals surface area contributed by atoms with Crippen LogP contribution in [0.2, 0.25) is 0 Å². The maximum absolute atomic E-state index is 11.4. The van der Waals surface area contributed by atoms with Gasteiger partial charge < -0.3 is 4.74 Å². The van der Waals surface area contributed by atoms with Gasteiger partial charge in [-0.2, -0.15) is 0 Å². The first-order chi connectivity index (χ1) is 8.48. The molecule has 1 aliphatic heterocycles. The van der Waals surface area contributed by atoms with Crippen molar-refractivity contribution >= 4 is 11.9 Å². The zero-order chi connectivity index (χ0) is 14.8. The van der Waals surface area contributed by atoms with Gasteiger partial charge in [0.05, 0.1) is 12.3 Å². The molecule has 0 aromatic carbocycles. The van der Waals surface area contributed by atoms with Crippen LogP contribution in [0.1, 0.15) is 60.3 Å². The summed E-state index contributed by atoms with van der Waals surface area (Å²) in [6, 6.07) is 0. The van der Waals surface area contributed by atoms with Crippen molar-refractivity contribution in [2.75, 3.05) is 0 Å². The van der Waals surface area contributed by atoms with Crippen molar-refractivity contribution in [1.82, 2.24) is 0 Å². The maximum atomic E-state index is 11.4. The summed E-state index contributed by atoms with van der Waals surface area (Å²) >= 11 is 0. The minimum atomic E-state index is -0.406. The van der Waals surface area contributed by atoms with E-state index in [-0.39, 0.29) is 29.1 Å². The van der Waals surface area contributed by atoms with Gasteiger partial charge in [0.15, 0.2) is 0 Å². The van der Waals surface area contributed by atoms with E-state index >= 15 is 0 Å². The second-order valence-electron chi connectivity index (χ2n) is 7.73. The zero-order valence-electron chi connectivity index (χ0n) is 12.8. The summed E-state index contributed by atoms with van der Waals surface area (Å²) in [5.74, 6) is -1.11. The Morgan fingerprint density at radius 3 is 2.26 bits per heavy atom. The van der Waals surface area contributed by atoms with Crippen molar-refractivity contribution in [1.29, 1.82) is 0 Å². The Balaban J connectivity index is 2.51. The van der Waals surface area contributed by atoms with Gasteiger partial charge in [0, 0.05) is 0 Å². The van der Waals surface area contributed by atoms with Crippen LogP contribution < -0.4 is 0 Å². The van der Waals surface area contributed by atoms with Gasteiger partial charge in [-0.25, -0.2) is 0 Å². The van der Waals surface area contributed by atoms with Crippen LogP contribution in [0, 0.1) is 16.7 Å². The van der Waals surface area contributed by atoms with E-state index in [2.05, 4.69) is 45.9 Å². The number of hydrogen-bond acceptors (Lipinski definition) is 3. The summed E-state index contributed by atoms with van der Waals surface area (Å²) in [5.41, 5.74) is 1.46. The van der Waals surface area contributed by atoms with Gasteiger partial charge in [-0.1, -0.05) is 46.8 Å². The third-order valence-electron chi connectivity index (χ3n) is 3.23. The second kappa shape index (κ2) is 5.48. The minimum absolute atomic E-state index is 0.155. The smallest absolute Gasteiger partial charge is 0.317 e. The highest BCUT2D eigenvalue weighted by atomic mass is 16.6. The predicted molar refractivity (Wildman–Crippen MR) is 75.4 cm³/mol. The van der Waals surface area contributed by atoms with Crippen LogP contribution in [0.25, 0.3) is 0 Å². The number of carbonyl (C=O) groups excluding carboxylic acids is 2. The molecule has 1 saturated heterocycles. The second-order valence-corrected chi connectivity index (χ2v) is 7.73. The van der Waals surface area contributed by atoms with Gasteiger partial charge >= 0.3 is 11.9 Å². The van der Waals surface area contributed by atoms with Crippen molar-refractivity contribution in [2.24, 2.45) is 16.7 Å². The fraction of sp³-hybridized carbons (Fsp3) is 0.750. The highest BCUT2D eigenvalue weighted by Gasteiger charge is 2.34. The van der Waals surface area contributed by atoms with Crippen molar-refractivity contribution in [2.45, 2.75) is 60.3 Å². The van der Waals surface area contributed by atoms with E-state index in [1.807, 2.05) is 0 Å². The summed E-state index contributed by atoms with van der Waals surface area (Å²) in [6.07, 6.45) is 2.74. The lowest BCUT2D eigenvalue weighted by Crippen LogP contribution is -2.22. The lowest BCUT2D eigenvalue weighted by Gasteiger charge is -2.33. The van der Waals surface area contributed by atoms with Gasteiger partial charge in [0.25, 0.3) is 0 Å². The van der Waals surface area contributed by atoms with Crippen molar-refractivity contribution in [3.8, 4) is 0 Å². The van der Waals surface area contributed by atoms with Gasteiger partial charge in [0.2, 0.25) is 0 Å². The molecule has 1 rings (SSSR count). The average Bonchev–Trinajstić information content (AvgIpc) is 2.38. The van der Waals surface area contributed by atoms with E-state index in [4.69, 9.17) is 0 Å². The Hall–Kier alpha value is -1.12. The highest BCUT2D eigenvalue weighted by molar-refractivity contribution is 5.94. The monoisotopic (exact) mass is 266 g/mol. The number of allylic oxidation sites excluding steroid dienone is 1. The molecule has 3 heteroatoms. The molecule has 108 valence electrons. The minimum Gasteiger partial charge on any atom is -0.393 e. The number of carbonyl (C=O) groups is 2. The Labute approximate surface area is 116 Å². The topological polar surface area (TPSA) is 43.4 Å². The lowest BCUT2D eigenvalue weighted by molar-refractivity contribution is -0.153. The average molecular weight is 266 g/mol. The van der Waals surface area contributed by atoms with Crippen LogP contribution in [-0.4, -0.2) is 11.9 Å². The number of rotatable bonds is 5. The molecule has 0 spiro atoms. The van der Waals surface area contributed by atoms with E-state index in [0.717, 1.165) is 18.4 Å². The normalized spacial score (nSPS) is 20.6. The van der Waals surface area contributed by atoms with Crippen molar-refractivity contribution in [3.05, 3.63) is 12.2 Å². The summed E-state index contributed by atoms with van der Waals surface area (Å²) in [7, 11) is 0. The predicted octanol–water partition coefficient (Wildman–Crippen LogP) is 3.87. The van der Waals surface area contributed by atoms with E-state index < -0.39 is 5.97 Å². The Morgan fingerprint density at radius 1 is 1.26 bits per heavy atom. The molecule has 1 aliphatic rings. The van der Waals surface area contributed by atoms with Crippen LogP contribution in [-0.2, 0) is 14.3 Å². The Bertz CT molecular complexity index is 385. The molecular formula is C16H26O3. The maximum Gasteiger partial charge on any atom is 0.317 e. The number of esters is 2. The molecule has 0 bridgehead atoms. The highest BCUT2D eigenvalue weighted by Crippen LogP contribution is 2.39. The first-order valence-corrected chi connectivity index (χ1v) is 6.90. The summed E-state index contributed by atoms with van der Waals surface area (Å²) in [6.45, 7) is 15.2. The van der Waals surface area contributed by atoms with Gasteiger partial charge in [-0.15, -0.1) is 0 Å². The largest absolute Gasteiger partial charge is 0.393 e. The standard InChI is InChI=1S/C16H26O3/c1-11(7-12-8-13(17)19-14(12)18)9-16(5,6)10-15(2,3)4/h12H,1,7-10H2,2-6H3. The van der Waals surface area contributed by atoms with Crippen LogP contribution >= 0.6 is 0 Å². The molecular weight excluding hydrogens is 240 g/mol. The molecule has 1 heterocycles. The molecule has 0 saturated carbocycles. The Morgan fingerprint density at radius 2 is 1.84 bits per heavy atom. The quantitative estimate of drug-likeness (QED) is 0.431. The first-order valence-electron chi connectivity index (χ1n) is 6.90. The van der Waals surface area contributed by atoms with Crippen LogP contribution in [0.3, 0.4) is 0 Å². The molecule has 0 aromatic rings. The van der Waals surface area contributed by atoms with Gasteiger partial charge in [0.1, 0.15) is 0 Å².